The van der Waals surface area contributed by atoms with Crippen molar-refractivity contribution in [1.29, 1.82) is 0 Å². The Balaban J connectivity index is 1.57. The minimum absolute atomic E-state index is 0.163. The van der Waals surface area contributed by atoms with E-state index in [1.165, 1.54) is 4.90 Å². The van der Waals surface area contributed by atoms with Crippen LogP contribution in [0.25, 0.3) is 0 Å². The van der Waals surface area contributed by atoms with Crippen molar-refractivity contribution in [3.63, 3.8) is 0 Å². The average molecular weight is 273 g/mol. The van der Waals surface area contributed by atoms with E-state index < -0.39 is 0 Å². The third kappa shape index (κ3) is 2.34. The fourth-order valence-corrected chi connectivity index (χ4v) is 2.96. The Hall–Kier alpha value is -1.72. The second-order valence-corrected chi connectivity index (χ2v) is 5.51. The van der Waals surface area contributed by atoms with Crippen molar-refractivity contribution in [2.24, 2.45) is 5.73 Å². The Morgan fingerprint density at radius 1 is 1.10 bits per heavy atom. The van der Waals surface area contributed by atoms with Crippen LogP contribution in [0.2, 0.25) is 0 Å². The highest BCUT2D eigenvalue weighted by Gasteiger charge is 2.34. The standard InChI is InChI=1S/C15H19N3O2/c16-11-6-9-17(10-11)7-3-8-18-14(19)12-4-1-2-5-13(12)15(18)20/h1-2,4-5,11H,3,6-10,16H2/t11-/m0/s1. The van der Waals surface area contributed by atoms with Gasteiger partial charge in [0.15, 0.2) is 0 Å². The van der Waals surface area contributed by atoms with Gasteiger partial charge < -0.3 is 10.6 Å². The fourth-order valence-electron chi connectivity index (χ4n) is 2.96. The maximum Gasteiger partial charge on any atom is 0.261 e. The van der Waals surface area contributed by atoms with Crippen molar-refractivity contribution in [2.75, 3.05) is 26.2 Å². The van der Waals surface area contributed by atoms with E-state index in [9.17, 15) is 9.59 Å². The third-order valence-electron chi connectivity index (χ3n) is 4.04. The van der Waals surface area contributed by atoms with Crippen LogP contribution in [-0.4, -0.2) is 53.8 Å². The van der Waals surface area contributed by atoms with Gasteiger partial charge in [-0.15, -0.1) is 0 Å². The summed E-state index contributed by atoms with van der Waals surface area (Å²) in [5.41, 5.74) is 6.92. The molecule has 2 aliphatic rings. The summed E-state index contributed by atoms with van der Waals surface area (Å²) in [4.78, 5) is 28.0. The molecule has 20 heavy (non-hydrogen) atoms. The maximum atomic E-state index is 12.2. The normalized spacial score (nSPS) is 22.6. The maximum absolute atomic E-state index is 12.2. The number of benzene rings is 1. The molecule has 1 saturated heterocycles. The van der Waals surface area contributed by atoms with E-state index in [2.05, 4.69) is 4.90 Å². The smallest absolute Gasteiger partial charge is 0.261 e. The summed E-state index contributed by atoms with van der Waals surface area (Å²) in [6, 6.07) is 7.29. The van der Waals surface area contributed by atoms with Crippen molar-refractivity contribution < 1.29 is 9.59 Å². The molecule has 5 heteroatoms. The van der Waals surface area contributed by atoms with Gasteiger partial charge in [-0.2, -0.15) is 0 Å². The molecule has 2 heterocycles. The summed E-state index contributed by atoms with van der Waals surface area (Å²) in [6.07, 6.45) is 1.84. The number of imide groups is 1. The molecule has 0 saturated carbocycles. The van der Waals surface area contributed by atoms with Crippen LogP contribution < -0.4 is 5.73 Å². The Labute approximate surface area is 118 Å². The lowest BCUT2D eigenvalue weighted by molar-refractivity contribution is 0.0648. The van der Waals surface area contributed by atoms with Crippen LogP contribution in [-0.2, 0) is 0 Å². The number of likely N-dealkylation sites (tertiary alicyclic amines) is 1. The van der Waals surface area contributed by atoms with Crippen molar-refractivity contribution in [1.82, 2.24) is 9.80 Å². The van der Waals surface area contributed by atoms with Gasteiger partial charge >= 0.3 is 0 Å². The van der Waals surface area contributed by atoms with Gasteiger partial charge in [0.1, 0.15) is 0 Å². The lowest BCUT2D eigenvalue weighted by atomic mass is 10.1. The molecule has 1 atom stereocenters. The predicted molar refractivity (Wildman–Crippen MR) is 75.5 cm³/mol. The molecule has 0 aliphatic carbocycles. The van der Waals surface area contributed by atoms with Gasteiger partial charge in [-0.25, -0.2) is 0 Å². The minimum atomic E-state index is -0.163. The van der Waals surface area contributed by atoms with E-state index in [0.717, 1.165) is 32.5 Å². The van der Waals surface area contributed by atoms with Gasteiger partial charge in [0.05, 0.1) is 11.1 Å². The first-order valence-corrected chi connectivity index (χ1v) is 7.10. The van der Waals surface area contributed by atoms with Crippen molar-refractivity contribution >= 4 is 11.8 Å². The quantitative estimate of drug-likeness (QED) is 0.820. The Kier molecular flexibility index (Phi) is 3.54. The van der Waals surface area contributed by atoms with E-state index in [-0.39, 0.29) is 17.9 Å². The number of fused-ring (bicyclic) bond motifs is 1. The molecule has 0 spiro atoms. The first-order chi connectivity index (χ1) is 9.66. The monoisotopic (exact) mass is 273 g/mol. The molecule has 0 aromatic heterocycles. The first-order valence-electron chi connectivity index (χ1n) is 7.10. The number of nitrogens with two attached hydrogens (primary N) is 1. The molecule has 1 aromatic rings. The Bertz CT molecular complexity index is 509. The van der Waals surface area contributed by atoms with Crippen LogP contribution in [0.15, 0.2) is 24.3 Å². The molecule has 0 bridgehead atoms. The fraction of sp³-hybridized carbons (Fsp3) is 0.467. The zero-order valence-electron chi connectivity index (χ0n) is 11.4. The molecule has 2 amide bonds. The lowest BCUT2D eigenvalue weighted by Crippen LogP contribution is -2.34. The number of hydrogen-bond acceptors (Lipinski definition) is 4. The molecule has 2 N–H and O–H groups in total. The van der Waals surface area contributed by atoms with E-state index in [4.69, 9.17) is 5.73 Å². The predicted octanol–water partition coefficient (Wildman–Crippen LogP) is 0.706. The second kappa shape index (κ2) is 5.34. The second-order valence-electron chi connectivity index (χ2n) is 5.51. The number of amides is 2. The SMILES string of the molecule is N[C@H]1CCN(CCCN2C(=O)c3ccccc3C2=O)C1. The topological polar surface area (TPSA) is 66.6 Å². The number of carbonyl (C=O) groups is 2. The average Bonchev–Trinajstić information content (AvgIpc) is 2.97. The third-order valence-corrected chi connectivity index (χ3v) is 4.04. The summed E-state index contributed by atoms with van der Waals surface area (Å²) in [6.45, 7) is 3.31. The highest BCUT2D eigenvalue weighted by atomic mass is 16.2. The van der Waals surface area contributed by atoms with Gasteiger partial charge in [-0.3, -0.25) is 14.5 Å². The Morgan fingerprint density at radius 3 is 2.30 bits per heavy atom. The van der Waals surface area contributed by atoms with Crippen LogP contribution >= 0.6 is 0 Å². The first kappa shape index (κ1) is 13.3. The molecule has 5 nitrogen and oxygen atoms in total. The molecular formula is C15H19N3O2. The van der Waals surface area contributed by atoms with Crippen LogP contribution in [0.1, 0.15) is 33.6 Å². The largest absolute Gasteiger partial charge is 0.326 e. The van der Waals surface area contributed by atoms with E-state index in [0.29, 0.717) is 17.7 Å². The van der Waals surface area contributed by atoms with Gasteiger partial charge in [0.2, 0.25) is 0 Å². The van der Waals surface area contributed by atoms with Gasteiger partial charge in [-0.1, -0.05) is 12.1 Å². The molecule has 3 rings (SSSR count). The van der Waals surface area contributed by atoms with Crippen LogP contribution in [0.5, 0.6) is 0 Å². The molecule has 0 radical (unpaired) electrons. The number of nitrogens with zero attached hydrogens (tertiary/aromatic N) is 2. The van der Waals surface area contributed by atoms with Crippen LogP contribution in [0.3, 0.4) is 0 Å². The highest BCUT2D eigenvalue weighted by molar-refractivity contribution is 6.21. The highest BCUT2D eigenvalue weighted by Crippen LogP contribution is 2.22. The molecule has 0 unspecified atom stereocenters. The summed E-state index contributed by atoms with van der Waals surface area (Å²) >= 11 is 0. The van der Waals surface area contributed by atoms with E-state index in [1.807, 2.05) is 0 Å². The van der Waals surface area contributed by atoms with Crippen LogP contribution in [0, 0.1) is 0 Å². The summed E-state index contributed by atoms with van der Waals surface area (Å²) in [5, 5.41) is 0. The molecule has 1 aromatic carbocycles. The number of hydrogen-bond donors (Lipinski definition) is 1. The summed E-state index contributed by atoms with van der Waals surface area (Å²) in [7, 11) is 0. The zero-order chi connectivity index (χ0) is 14.1. The Morgan fingerprint density at radius 2 is 1.75 bits per heavy atom. The van der Waals surface area contributed by atoms with E-state index in [1.54, 1.807) is 24.3 Å². The van der Waals surface area contributed by atoms with Gasteiger partial charge in [0, 0.05) is 19.1 Å². The molecule has 106 valence electrons. The zero-order valence-corrected chi connectivity index (χ0v) is 11.4. The van der Waals surface area contributed by atoms with Crippen molar-refractivity contribution in [3.05, 3.63) is 35.4 Å². The van der Waals surface area contributed by atoms with Crippen LogP contribution in [0.4, 0.5) is 0 Å². The summed E-state index contributed by atoms with van der Waals surface area (Å²) < 4.78 is 0. The molecular weight excluding hydrogens is 254 g/mol. The molecule has 1 fully saturated rings. The minimum Gasteiger partial charge on any atom is -0.326 e. The van der Waals surface area contributed by atoms with Gasteiger partial charge in [0.25, 0.3) is 11.8 Å². The number of rotatable bonds is 4. The summed E-state index contributed by atoms with van der Waals surface area (Å²) in [5.74, 6) is -0.326. The molecule has 2 aliphatic heterocycles. The van der Waals surface area contributed by atoms with Gasteiger partial charge in [-0.05, 0) is 38.1 Å². The lowest BCUT2D eigenvalue weighted by Gasteiger charge is -2.18. The number of carbonyl (C=O) groups excluding carboxylic acids is 2. The van der Waals surface area contributed by atoms with Crippen molar-refractivity contribution in [3.8, 4) is 0 Å². The van der Waals surface area contributed by atoms with Crippen molar-refractivity contribution in [2.45, 2.75) is 18.9 Å². The van der Waals surface area contributed by atoms with E-state index >= 15 is 0 Å².